The van der Waals surface area contributed by atoms with Crippen LogP contribution in [-0.4, -0.2) is 59.4 Å². The molecule has 1 aromatic rings. The second kappa shape index (κ2) is 7.55. The van der Waals surface area contributed by atoms with E-state index in [1.54, 1.807) is 17.3 Å². The number of aromatic nitrogens is 1. The molecule has 2 amide bonds. The van der Waals surface area contributed by atoms with Crippen LogP contribution in [0.15, 0.2) is 24.5 Å². The molecule has 3 heterocycles. The Morgan fingerprint density at radius 3 is 2.87 bits per heavy atom. The van der Waals surface area contributed by atoms with Crippen molar-refractivity contribution in [2.24, 2.45) is 0 Å². The van der Waals surface area contributed by atoms with Gasteiger partial charge in [-0.1, -0.05) is 6.42 Å². The Morgan fingerprint density at radius 2 is 2.04 bits per heavy atom. The topological polar surface area (TPSA) is 62.7 Å². The van der Waals surface area contributed by atoms with Gasteiger partial charge in [0.1, 0.15) is 6.10 Å². The number of pyridine rings is 1. The minimum Gasteiger partial charge on any atom is -0.370 e. The van der Waals surface area contributed by atoms with Gasteiger partial charge in [-0.25, -0.2) is 0 Å². The number of hydrogen-bond acceptors (Lipinski definition) is 4. The summed E-state index contributed by atoms with van der Waals surface area (Å²) in [5, 5.41) is 0. The number of carbonyl (C=O) groups is 2. The Morgan fingerprint density at radius 1 is 1.22 bits per heavy atom. The fourth-order valence-corrected chi connectivity index (χ4v) is 3.12. The molecule has 0 aliphatic carbocycles. The molecule has 6 nitrogen and oxygen atoms in total. The normalized spacial score (nSPS) is 22.8. The summed E-state index contributed by atoms with van der Waals surface area (Å²) >= 11 is 0. The minimum absolute atomic E-state index is 0.0163. The van der Waals surface area contributed by atoms with Crippen molar-refractivity contribution >= 4 is 11.8 Å². The van der Waals surface area contributed by atoms with E-state index in [0.29, 0.717) is 32.7 Å². The van der Waals surface area contributed by atoms with Gasteiger partial charge in [0.15, 0.2) is 0 Å². The van der Waals surface area contributed by atoms with Gasteiger partial charge in [-0.05, 0) is 30.5 Å². The molecular weight excluding hydrogens is 294 g/mol. The molecule has 3 rings (SSSR count). The second-order valence-corrected chi connectivity index (χ2v) is 6.11. The lowest BCUT2D eigenvalue weighted by Crippen LogP contribution is -2.47. The van der Waals surface area contributed by atoms with Gasteiger partial charge in [0.05, 0.1) is 19.7 Å². The summed E-state index contributed by atoms with van der Waals surface area (Å²) in [5.74, 6) is 0.123. The van der Waals surface area contributed by atoms with Crippen LogP contribution in [0, 0.1) is 0 Å². The van der Waals surface area contributed by atoms with Gasteiger partial charge in [0.25, 0.3) is 0 Å². The number of carbonyl (C=O) groups excluding carboxylic acids is 2. The first kappa shape index (κ1) is 15.9. The van der Waals surface area contributed by atoms with Crippen LogP contribution in [-0.2, 0) is 14.3 Å². The largest absolute Gasteiger partial charge is 0.370 e. The van der Waals surface area contributed by atoms with Crippen molar-refractivity contribution in [1.29, 1.82) is 0 Å². The Hall–Kier alpha value is -1.95. The number of hydrogen-bond donors (Lipinski definition) is 0. The first-order valence-corrected chi connectivity index (χ1v) is 8.31. The van der Waals surface area contributed by atoms with Crippen LogP contribution in [0.1, 0.15) is 37.4 Å². The number of nitrogens with zero attached hydrogens (tertiary/aromatic N) is 3. The molecular formula is C17H23N3O3. The first-order chi connectivity index (χ1) is 11.2. The van der Waals surface area contributed by atoms with Crippen molar-refractivity contribution in [3.05, 3.63) is 30.1 Å². The van der Waals surface area contributed by atoms with Gasteiger partial charge < -0.3 is 14.5 Å². The third-order valence-corrected chi connectivity index (χ3v) is 4.49. The fraction of sp³-hybridized carbons (Fsp3) is 0.588. The van der Waals surface area contributed by atoms with E-state index in [9.17, 15) is 9.59 Å². The van der Waals surface area contributed by atoms with Crippen molar-refractivity contribution in [2.45, 2.75) is 31.8 Å². The predicted octanol–water partition coefficient (Wildman–Crippen LogP) is 1.38. The molecule has 1 aromatic heterocycles. The summed E-state index contributed by atoms with van der Waals surface area (Å²) in [7, 11) is 0. The van der Waals surface area contributed by atoms with E-state index in [1.165, 1.54) is 0 Å². The smallest absolute Gasteiger partial charge is 0.242 e. The summed E-state index contributed by atoms with van der Waals surface area (Å²) in [5.41, 5.74) is 1.03. The SMILES string of the molecule is O=C1CCCCCN1CC(=O)N1CCOC(c2ccncc2)C1. The Labute approximate surface area is 136 Å². The number of likely N-dealkylation sites (tertiary alicyclic amines) is 1. The van der Waals surface area contributed by atoms with Gasteiger partial charge in [0.2, 0.25) is 11.8 Å². The molecule has 6 heteroatoms. The number of amides is 2. The lowest BCUT2D eigenvalue weighted by molar-refractivity contribution is -0.145. The van der Waals surface area contributed by atoms with Crippen LogP contribution >= 0.6 is 0 Å². The lowest BCUT2D eigenvalue weighted by atomic mass is 10.1. The maximum atomic E-state index is 12.6. The van der Waals surface area contributed by atoms with Crippen molar-refractivity contribution in [2.75, 3.05) is 32.8 Å². The highest BCUT2D eigenvalue weighted by Gasteiger charge is 2.27. The summed E-state index contributed by atoms with van der Waals surface area (Å²) in [6.07, 6.45) is 6.90. The highest BCUT2D eigenvalue weighted by atomic mass is 16.5. The fourth-order valence-electron chi connectivity index (χ4n) is 3.12. The lowest BCUT2D eigenvalue weighted by Gasteiger charge is -2.34. The van der Waals surface area contributed by atoms with E-state index < -0.39 is 0 Å². The summed E-state index contributed by atoms with van der Waals surface area (Å²) in [6, 6.07) is 3.83. The van der Waals surface area contributed by atoms with Crippen LogP contribution in [0.25, 0.3) is 0 Å². The molecule has 2 aliphatic heterocycles. The Kier molecular flexibility index (Phi) is 5.23. The van der Waals surface area contributed by atoms with Crippen LogP contribution < -0.4 is 0 Å². The highest BCUT2D eigenvalue weighted by molar-refractivity contribution is 5.85. The zero-order chi connectivity index (χ0) is 16.1. The monoisotopic (exact) mass is 317 g/mol. The third kappa shape index (κ3) is 4.07. The molecule has 124 valence electrons. The maximum absolute atomic E-state index is 12.6. The molecule has 2 saturated heterocycles. The van der Waals surface area contributed by atoms with Crippen LogP contribution in [0.4, 0.5) is 0 Å². The molecule has 0 spiro atoms. The molecule has 1 atom stereocenters. The van der Waals surface area contributed by atoms with Crippen molar-refractivity contribution in [3.63, 3.8) is 0 Å². The first-order valence-electron chi connectivity index (χ1n) is 8.31. The molecule has 1 unspecified atom stereocenters. The van der Waals surface area contributed by atoms with Crippen LogP contribution in [0.5, 0.6) is 0 Å². The quantitative estimate of drug-likeness (QED) is 0.845. The number of rotatable bonds is 3. The van der Waals surface area contributed by atoms with E-state index in [4.69, 9.17) is 4.74 Å². The molecule has 0 saturated carbocycles. The van der Waals surface area contributed by atoms with E-state index in [0.717, 1.165) is 24.8 Å². The summed E-state index contributed by atoms with van der Waals surface area (Å²) in [4.78, 5) is 32.1. The average molecular weight is 317 g/mol. The van der Waals surface area contributed by atoms with Crippen molar-refractivity contribution < 1.29 is 14.3 Å². The predicted molar refractivity (Wildman–Crippen MR) is 84.6 cm³/mol. The molecule has 0 radical (unpaired) electrons. The zero-order valence-electron chi connectivity index (χ0n) is 13.3. The number of ether oxygens (including phenoxy) is 1. The molecule has 0 N–H and O–H groups in total. The molecule has 23 heavy (non-hydrogen) atoms. The summed E-state index contributed by atoms with van der Waals surface area (Å²) in [6.45, 7) is 2.53. The highest BCUT2D eigenvalue weighted by Crippen LogP contribution is 2.22. The third-order valence-electron chi connectivity index (χ3n) is 4.49. The molecule has 2 aliphatic rings. The van der Waals surface area contributed by atoms with Gasteiger partial charge in [-0.3, -0.25) is 14.6 Å². The Bertz CT molecular complexity index is 549. The van der Waals surface area contributed by atoms with Gasteiger partial charge in [-0.15, -0.1) is 0 Å². The summed E-state index contributed by atoms with van der Waals surface area (Å²) < 4.78 is 5.77. The minimum atomic E-state index is -0.115. The average Bonchev–Trinajstić information content (AvgIpc) is 2.80. The van der Waals surface area contributed by atoms with Crippen molar-refractivity contribution in [3.8, 4) is 0 Å². The Balaban J connectivity index is 1.59. The standard InChI is InChI=1S/C17H23N3O3/c21-16-4-2-1-3-9-19(16)13-17(22)20-10-11-23-15(12-20)14-5-7-18-8-6-14/h5-8,15H,1-4,9-13H2. The van der Waals surface area contributed by atoms with Crippen LogP contribution in [0.3, 0.4) is 0 Å². The van der Waals surface area contributed by atoms with Gasteiger partial charge >= 0.3 is 0 Å². The van der Waals surface area contributed by atoms with E-state index >= 15 is 0 Å². The molecule has 0 bridgehead atoms. The number of morpholine rings is 1. The van der Waals surface area contributed by atoms with Gasteiger partial charge in [-0.2, -0.15) is 0 Å². The molecule has 2 fully saturated rings. The van der Waals surface area contributed by atoms with E-state index in [2.05, 4.69) is 4.98 Å². The van der Waals surface area contributed by atoms with E-state index in [-0.39, 0.29) is 24.5 Å². The van der Waals surface area contributed by atoms with Crippen LogP contribution in [0.2, 0.25) is 0 Å². The van der Waals surface area contributed by atoms with Crippen molar-refractivity contribution in [1.82, 2.24) is 14.8 Å². The maximum Gasteiger partial charge on any atom is 0.242 e. The second-order valence-electron chi connectivity index (χ2n) is 6.11. The zero-order valence-corrected chi connectivity index (χ0v) is 13.3. The van der Waals surface area contributed by atoms with Gasteiger partial charge in [0, 0.05) is 31.9 Å². The van der Waals surface area contributed by atoms with E-state index in [1.807, 2.05) is 17.0 Å². The molecule has 0 aromatic carbocycles.